The molecule has 0 N–H and O–H groups in total. The third-order valence-electron chi connectivity index (χ3n) is 2.59. The molecule has 2 rings (SSSR count). The van der Waals surface area contributed by atoms with Crippen LogP contribution in [-0.2, 0) is 4.79 Å². The lowest BCUT2D eigenvalue weighted by atomic mass is 10.1. The predicted octanol–water partition coefficient (Wildman–Crippen LogP) is 2.39. The maximum absolute atomic E-state index is 11.8. The van der Waals surface area contributed by atoms with Gasteiger partial charge in [-0.25, -0.2) is 0 Å². The normalized spacial score (nSPS) is 19.3. The first-order chi connectivity index (χ1) is 7.02. The van der Waals surface area contributed by atoms with Gasteiger partial charge in [-0.15, -0.1) is 0 Å². The molecule has 0 fully saturated rings. The Kier molecular flexibility index (Phi) is 2.38. The van der Waals surface area contributed by atoms with Gasteiger partial charge in [0.2, 0.25) is 5.91 Å². The number of halogens is 1. The number of benzene rings is 1. The lowest BCUT2D eigenvalue weighted by Gasteiger charge is -2.19. The van der Waals surface area contributed by atoms with E-state index in [0.717, 1.165) is 4.47 Å². The van der Waals surface area contributed by atoms with E-state index in [1.54, 1.807) is 19.1 Å². The van der Waals surface area contributed by atoms with E-state index in [-0.39, 0.29) is 17.7 Å². The second kappa shape index (κ2) is 3.45. The van der Waals surface area contributed by atoms with Gasteiger partial charge in [0.1, 0.15) is 0 Å². The molecule has 1 aromatic rings. The van der Waals surface area contributed by atoms with E-state index in [4.69, 9.17) is 0 Å². The molecule has 15 heavy (non-hydrogen) atoms. The summed E-state index contributed by atoms with van der Waals surface area (Å²) < 4.78 is 0.854. The van der Waals surface area contributed by atoms with E-state index in [2.05, 4.69) is 15.9 Å². The van der Waals surface area contributed by atoms with Crippen LogP contribution < -0.4 is 4.90 Å². The SMILES string of the molecule is CC(=O)N1c2ccc(Br)cc2C(=O)C1C. The highest BCUT2D eigenvalue weighted by atomic mass is 79.9. The topological polar surface area (TPSA) is 37.4 Å². The van der Waals surface area contributed by atoms with Crippen molar-refractivity contribution < 1.29 is 9.59 Å². The molecule has 1 aromatic carbocycles. The zero-order chi connectivity index (χ0) is 11.2. The summed E-state index contributed by atoms with van der Waals surface area (Å²) in [5.41, 5.74) is 1.33. The molecule has 1 unspecified atom stereocenters. The molecule has 4 heteroatoms. The fraction of sp³-hybridized carbons (Fsp3) is 0.273. The Balaban J connectivity index is 2.60. The highest BCUT2D eigenvalue weighted by Crippen LogP contribution is 2.33. The number of fused-ring (bicyclic) bond motifs is 1. The van der Waals surface area contributed by atoms with E-state index in [9.17, 15) is 9.59 Å². The summed E-state index contributed by atoms with van der Waals surface area (Å²) in [5.74, 6) is -0.0987. The van der Waals surface area contributed by atoms with Crippen LogP contribution in [-0.4, -0.2) is 17.7 Å². The fourth-order valence-electron chi connectivity index (χ4n) is 1.91. The molecule has 0 aliphatic carbocycles. The minimum absolute atomic E-state index is 0.00139. The van der Waals surface area contributed by atoms with Gasteiger partial charge in [0.25, 0.3) is 0 Å². The maximum atomic E-state index is 11.8. The Morgan fingerprint density at radius 2 is 2.13 bits per heavy atom. The van der Waals surface area contributed by atoms with Crippen molar-refractivity contribution in [3.05, 3.63) is 28.2 Å². The number of Topliss-reactive ketones (excluding diaryl/α,β-unsaturated/α-hetero) is 1. The van der Waals surface area contributed by atoms with Crippen LogP contribution in [0.2, 0.25) is 0 Å². The zero-order valence-corrected chi connectivity index (χ0v) is 10.0. The number of hydrogen-bond acceptors (Lipinski definition) is 2. The lowest BCUT2D eigenvalue weighted by Crippen LogP contribution is -2.36. The van der Waals surface area contributed by atoms with Gasteiger partial charge >= 0.3 is 0 Å². The highest BCUT2D eigenvalue weighted by molar-refractivity contribution is 9.10. The second-order valence-corrected chi connectivity index (χ2v) is 4.51. The number of rotatable bonds is 0. The van der Waals surface area contributed by atoms with E-state index in [1.165, 1.54) is 11.8 Å². The molecule has 3 nitrogen and oxygen atoms in total. The molecular weight excluding hydrogens is 258 g/mol. The van der Waals surface area contributed by atoms with Crippen LogP contribution in [0.5, 0.6) is 0 Å². The summed E-state index contributed by atoms with van der Waals surface area (Å²) in [6.45, 7) is 3.22. The van der Waals surface area contributed by atoms with Gasteiger partial charge in [-0.2, -0.15) is 0 Å². The molecule has 0 radical (unpaired) electrons. The van der Waals surface area contributed by atoms with Crippen LogP contribution in [0.25, 0.3) is 0 Å². The van der Waals surface area contributed by atoms with Crippen LogP contribution in [0.3, 0.4) is 0 Å². The monoisotopic (exact) mass is 267 g/mol. The Hall–Kier alpha value is -1.16. The quantitative estimate of drug-likeness (QED) is 0.724. The smallest absolute Gasteiger partial charge is 0.224 e. The number of amides is 1. The van der Waals surface area contributed by atoms with Crippen LogP contribution >= 0.6 is 15.9 Å². The molecule has 78 valence electrons. The molecule has 0 saturated heterocycles. The van der Waals surface area contributed by atoms with Crippen molar-refractivity contribution in [3.63, 3.8) is 0 Å². The number of anilines is 1. The fourth-order valence-corrected chi connectivity index (χ4v) is 2.27. The largest absolute Gasteiger partial charge is 0.301 e. The van der Waals surface area contributed by atoms with Crippen LogP contribution in [0.15, 0.2) is 22.7 Å². The minimum Gasteiger partial charge on any atom is -0.301 e. The van der Waals surface area contributed by atoms with Gasteiger partial charge in [0.15, 0.2) is 5.78 Å². The summed E-state index contributed by atoms with van der Waals surface area (Å²) in [4.78, 5) is 24.8. The third-order valence-corrected chi connectivity index (χ3v) is 3.08. The van der Waals surface area contributed by atoms with Crippen LogP contribution in [0, 0.1) is 0 Å². The Morgan fingerprint density at radius 1 is 1.47 bits per heavy atom. The molecule has 0 spiro atoms. The first-order valence-electron chi connectivity index (χ1n) is 4.66. The van der Waals surface area contributed by atoms with E-state index in [0.29, 0.717) is 11.3 Å². The summed E-state index contributed by atoms with van der Waals surface area (Å²) in [5, 5.41) is 0. The first-order valence-corrected chi connectivity index (χ1v) is 5.45. The van der Waals surface area contributed by atoms with Gasteiger partial charge in [-0.3, -0.25) is 9.59 Å². The number of carbonyl (C=O) groups is 2. The van der Waals surface area contributed by atoms with Crippen molar-refractivity contribution in [1.29, 1.82) is 0 Å². The summed E-state index contributed by atoms with van der Waals surface area (Å²) in [6, 6.07) is 5.01. The van der Waals surface area contributed by atoms with Crippen LogP contribution in [0.1, 0.15) is 24.2 Å². The van der Waals surface area contributed by atoms with Gasteiger partial charge in [-0.1, -0.05) is 15.9 Å². The zero-order valence-electron chi connectivity index (χ0n) is 8.45. The number of ketones is 1. The van der Waals surface area contributed by atoms with Crippen molar-refractivity contribution in [2.75, 3.05) is 4.90 Å². The molecular formula is C11H10BrNO2. The van der Waals surface area contributed by atoms with Gasteiger partial charge in [0.05, 0.1) is 11.7 Å². The molecule has 1 atom stereocenters. The molecule has 1 amide bonds. The summed E-state index contributed by atoms with van der Waals surface area (Å²) >= 11 is 3.31. The number of nitrogens with zero attached hydrogens (tertiary/aromatic N) is 1. The first kappa shape index (κ1) is 10.4. The highest BCUT2D eigenvalue weighted by Gasteiger charge is 2.36. The average molecular weight is 268 g/mol. The van der Waals surface area contributed by atoms with Crippen LogP contribution in [0.4, 0.5) is 5.69 Å². The standard InChI is InChI=1S/C11H10BrNO2/c1-6-11(15)9-5-8(12)3-4-10(9)13(6)7(2)14/h3-6H,1-2H3. The van der Waals surface area contributed by atoms with Gasteiger partial charge in [-0.05, 0) is 25.1 Å². The molecule has 0 bridgehead atoms. The molecule has 1 aliphatic heterocycles. The molecule has 1 heterocycles. The molecule has 0 aromatic heterocycles. The predicted molar refractivity (Wildman–Crippen MR) is 61.1 cm³/mol. The van der Waals surface area contributed by atoms with Crippen molar-refractivity contribution in [1.82, 2.24) is 0 Å². The van der Waals surface area contributed by atoms with Gasteiger partial charge in [0, 0.05) is 17.0 Å². The summed E-state index contributed by atoms with van der Waals surface area (Å²) in [6.07, 6.45) is 0. The average Bonchev–Trinajstić information content (AvgIpc) is 2.41. The summed E-state index contributed by atoms with van der Waals surface area (Å²) in [7, 11) is 0. The Bertz CT molecular complexity index is 456. The molecule has 1 aliphatic rings. The van der Waals surface area contributed by atoms with Crippen molar-refractivity contribution in [3.8, 4) is 0 Å². The van der Waals surface area contributed by atoms with Gasteiger partial charge < -0.3 is 4.90 Å². The van der Waals surface area contributed by atoms with E-state index in [1.807, 2.05) is 6.07 Å². The van der Waals surface area contributed by atoms with Crippen molar-refractivity contribution in [2.24, 2.45) is 0 Å². The number of hydrogen-bond donors (Lipinski definition) is 0. The Labute approximate surface area is 96.2 Å². The number of carbonyl (C=O) groups excluding carboxylic acids is 2. The maximum Gasteiger partial charge on any atom is 0.224 e. The van der Waals surface area contributed by atoms with Crippen molar-refractivity contribution in [2.45, 2.75) is 19.9 Å². The van der Waals surface area contributed by atoms with Crippen molar-refractivity contribution >= 4 is 33.3 Å². The van der Waals surface area contributed by atoms with E-state index >= 15 is 0 Å². The Morgan fingerprint density at radius 3 is 2.73 bits per heavy atom. The second-order valence-electron chi connectivity index (χ2n) is 3.59. The lowest BCUT2D eigenvalue weighted by molar-refractivity contribution is -0.116. The minimum atomic E-state index is -0.383. The third kappa shape index (κ3) is 1.49. The van der Waals surface area contributed by atoms with E-state index < -0.39 is 0 Å². The molecule has 0 saturated carbocycles.